The molecule has 1 N–H and O–H groups in total. The number of nitrogens with zero attached hydrogens (tertiary/aromatic N) is 1. The second-order valence-corrected chi connectivity index (χ2v) is 4.58. The van der Waals surface area contributed by atoms with Gasteiger partial charge in [-0.25, -0.2) is 0 Å². The predicted octanol–water partition coefficient (Wildman–Crippen LogP) is 2.92. The first-order chi connectivity index (χ1) is 9.08. The molecule has 0 saturated carbocycles. The Bertz CT molecular complexity index is 471. The Hall–Kier alpha value is -1.73. The molecule has 0 saturated heterocycles. The lowest BCUT2D eigenvalue weighted by atomic mass is 10.2. The lowest BCUT2D eigenvalue weighted by Crippen LogP contribution is -2.41. The smallest absolute Gasteiger partial charge is 0.261 e. The summed E-state index contributed by atoms with van der Waals surface area (Å²) in [6.07, 6.45) is 0.756. The molecule has 0 spiro atoms. The van der Waals surface area contributed by atoms with E-state index in [1.165, 1.54) is 0 Å². The third-order valence-electron chi connectivity index (χ3n) is 2.56. The molecule has 102 valence electrons. The van der Waals surface area contributed by atoms with Crippen molar-refractivity contribution in [3.8, 4) is 11.8 Å². The van der Waals surface area contributed by atoms with E-state index in [1.807, 2.05) is 6.92 Å². The molecule has 0 radical (unpaired) electrons. The van der Waals surface area contributed by atoms with Gasteiger partial charge in [0, 0.05) is 0 Å². The zero-order valence-corrected chi connectivity index (χ0v) is 11.8. The largest absolute Gasteiger partial charge is 0.479 e. The van der Waals surface area contributed by atoms with Crippen LogP contribution in [0.3, 0.4) is 0 Å². The number of carbonyl (C=O) groups excluding carboxylic acids is 1. The number of carbonyl (C=O) groups is 1. The quantitative estimate of drug-likeness (QED) is 0.871. The summed E-state index contributed by atoms with van der Waals surface area (Å²) in [6.45, 7) is 3.58. The van der Waals surface area contributed by atoms with E-state index in [1.54, 1.807) is 31.2 Å². The number of para-hydroxylation sites is 1. The number of hydrogen-bond donors (Lipinski definition) is 1. The van der Waals surface area contributed by atoms with Gasteiger partial charge in [-0.1, -0.05) is 37.1 Å². The summed E-state index contributed by atoms with van der Waals surface area (Å²) in [6, 6.07) is 8.52. The average molecular weight is 281 g/mol. The lowest BCUT2D eigenvalue weighted by Gasteiger charge is -2.17. The summed E-state index contributed by atoms with van der Waals surface area (Å²) in [5, 5.41) is 12.0. The van der Waals surface area contributed by atoms with Crippen LogP contribution in [0.25, 0.3) is 0 Å². The summed E-state index contributed by atoms with van der Waals surface area (Å²) >= 11 is 5.95. The Morgan fingerprint density at radius 3 is 2.79 bits per heavy atom. The maximum Gasteiger partial charge on any atom is 0.261 e. The van der Waals surface area contributed by atoms with E-state index in [2.05, 4.69) is 11.4 Å². The molecular formula is C14H17ClN2O2. The van der Waals surface area contributed by atoms with Gasteiger partial charge in [-0.3, -0.25) is 4.79 Å². The fourth-order valence-electron chi connectivity index (χ4n) is 1.53. The molecule has 1 aromatic rings. The molecule has 0 aliphatic rings. The van der Waals surface area contributed by atoms with Gasteiger partial charge in [0.05, 0.1) is 11.1 Å². The van der Waals surface area contributed by atoms with E-state index < -0.39 is 12.1 Å². The SMILES string of the molecule is CCCC(C#N)NC(=O)C(C)Oc1ccccc1Cl. The Kier molecular flexibility index (Phi) is 6.17. The molecule has 19 heavy (non-hydrogen) atoms. The van der Waals surface area contributed by atoms with Gasteiger partial charge in [0.15, 0.2) is 6.10 Å². The number of rotatable bonds is 6. The Labute approximate surface area is 118 Å². The first-order valence-electron chi connectivity index (χ1n) is 6.19. The molecule has 2 atom stereocenters. The van der Waals surface area contributed by atoms with Crippen LogP contribution < -0.4 is 10.1 Å². The van der Waals surface area contributed by atoms with Gasteiger partial charge in [0.2, 0.25) is 0 Å². The van der Waals surface area contributed by atoms with Crippen molar-refractivity contribution in [3.63, 3.8) is 0 Å². The first-order valence-corrected chi connectivity index (χ1v) is 6.57. The predicted molar refractivity (Wildman–Crippen MR) is 74.0 cm³/mol. The standard InChI is InChI=1S/C14H17ClN2O2/c1-3-6-11(9-16)17-14(18)10(2)19-13-8-5-4-7-12(13)15/h4-5,7-8,10-11H,3,6H2,1-2H3,(H,17,18). The summed E-state index contributed by atoms with van der Waals surface area (Å²) in [5.74, 6) is 0.135. The van der Waals surface area contributed by atoms with Crippen molar-refractivity contribution in [3.05, 3.63) is 29.3 Å². The molecule has 2 unspecified atom stereocenters. The summed E-state index contributed by atoms with van der Waals surface area (Å²) in [4.78, 5) is 11.9. The Balaban J connectivity index is 2.58. The molecule has 1 amide bonds. The zero-order valence-electron chi connectivity index (χ0n) is 11.0. The minimum absolute atomic E-state index is 0.320. The van der Waals surface area contributed by atoms with Crippen molar-refractivity contribution in [1.82, 2.24) is 5.32 Å². The second-order valence-electron chi connectivity index (χ2n) is 4.17. The number of nitrogens with one attached hydrogen (secondary N) is 1. The van der Waals surface area contributed by atoms with Crippen LogP contribution in [0.4, 0.5) is 0 Å². The van der Waals surface area contributed by atoms with Crippen molar-refractivity contribution < 1.29 is 9.53 Å². The number of hydrogen-bond acceptors (Lipinski definition) is 3. The summed E-state index contributed by atoms with van der Waals surface area (Å²) < 4.78 is 5.48. The second kappa shape index (κ2) is 7.65. The molecular weight excluding hydrogens is 264 g/mol. The number of halogens is 1. The van der Waals surface area contributed by atoms with E-state index in [4.69, 9.17) is 21.6 Å². The zero-order chi connectivity index (χ0) is 14.3. The molecule has 0 heterocycles. The molecule has 1 rings (SSSR count). The summed E-state index contributed by atoms with van der Waals surface area (Å²) in [5.41, 5.74) is 0. The van der Waals surface area contributed by atoms with Crippen LogP contribution >= 0.6 is 11.6 Å². The van der Waals surface area contributed by atoms with Crippen LogP contribution in [0.2, 0.25) is 5.02 Å². The average Bonchev–Trinajstić information content (AvgIpc) is 2.40. The van der Waals surface area contributed by atoms with Gasteiger partial charge in [0.1, 0.15) is 11.8 Å². The monoisotopic (exact) mass is 280 g/mol. The van der Waals surface area contributed by atoms with Gasteiger partial charge in [0.25, 0.3) is 5.91 Å². The Morgan fingerprint density at radius 1 is 1.53 bits per heavy atom. The molecule has 0 bridgehead atoms. The van der Waals surface area contributed by atoms with Crippen molar-refractivity contribution in [2.75, 3.05) is 0 Å². The molecule has 0 aliphatic carbocycles. The van der Waals surface area contributed by atoms with Crippen LogP contribution in [-0.2, 0) is 4.79 Å². The number of nitriles is 1. The fourth-order valence-corrected chi connectivity index (χ4v) is 1.71. The number of benzene rings is 1. The highest BCUT2D eigenvalue weighted by Crippen LogP contribution is 2.24. The van der Waals surface area contributed by atoms with Crippen LogP contribution in [0.15, 0.2) is 24.3 Å². The van der Waals surface area contributed by atoms with E-state index in [9.17, 15) is 4.79 Å². The van der Waals surface area contributed by atoms with Gasteiger partial charge >= 0.3 is 0 Å². The van der Waals surface area contributed by atoms with Crippen molar-refractivity contribution in [2.24, 2.45) is 0 Å². The Morgan fingerprint density at radius 2 is 2.21 bits per heavy atom. The fraction of sp³-hybridized carbons (Fsp3) is 0.429. The molecule has 5 heteroatoms. The third-order valence-corrected chi connectivity index (χ3v) is 2.87. The van der Waals surface area contributed by atoms with E-state index >= 15 is 0 Å². The molecule has 0 aromatic heterocycles. The highest BCUT2D eigenvalue weighted by atomic mass is 35.5. The van der Waals surface area contributed by atoms with E-state index in [0.29, 0.717) is 17.2 Å². The van der Waals surface area contributed by atoms with E-state index in [0.717, 1.165) is 6.42 Å². The normalized spacial score (nSPS) is 13.2. The highest BCUT2D eigenvalue weighted by molar-refractivity contribution is 6.32. The van der Waals surface area contributed by atoms with Crippen LogP contribution in [0, 0.1) is 11.3 Å². The number of ether oxygens (including phenoxy) is 1. The third kappa shape index (κ3) is 4.80. The first kappa shape index (κ1) is 15.3. The molecule has 0 fully saturated rings. The molecule has 4 nitrogen and oxygen atoms in total. The van der Waals surface area contributed by atoms with Gasteiger partial charge in [-0.2, -0.15) is 5.26 Å². The number of amides is 1. The maximum absolute atomic E-state index is 11.9. The van der Waals surface area contributed by atoms with Crippen LogP contribution in [0.1, 0.15) is 26.7 Å². The van der Waals surface area contributed by atoms with Crippen molar-refractivity contribution in [1.29, 1.82) is 5.26 Å². The van der Waals surface area contributed by atoms with Gasteiger partial charge < -0.3 is 10.1 Å². The molecule has 1 aromatic carbocycles. The topological polar surface area (TPSA) is 62.1 Å². The van der Waals surface area contributed by atoms with Gasteiger partial charge in [-0.15, -0.1) is 0 Å². The summed E-state index contributed by atoms with van der Waals surface area (Å²) in [7, 11) is 0. The lowest BCUT2D eigenvalue weighted by molar-refractivity contribution is -0.127. The maximum atomic E-state index is 11.9. The van der Waals surface area contributed by atoms with Crippen LogP contribution in [0.5, 0.6) is 5.75 Å². The van der Waals surface area contributed by atoms with Crippen molar-refractivity contribution in [2.45, 2.75) is 38.8 Å². The minimum Gasteiger partial charge on any atom is -0.479 e. The van der Waals surface area contributed by atoms with Crippen molar-refractivity contribution >= 4 is 17.5 Å². The highest BCUT2D eigenvalue weighted by Gasteiger charge is 2.19. The van der Waals surface area contributed by atoms with E-state index in [-0.39, 0.29) is 5.91 Å². The van der Waals surface area contributed by atoms with Crippen LogP contribution in [-0.4, -0.2) is 18.1 Å². The van der Waals surface area contributed by atoms with Gasteiger partial charge in [-0.05, 0) is 25.5 Å². The minimum atomic E-state index is -0.701. The molecule has 0 aliphatic heterocycles.